The molecule has 0 saturated heterocycles. The Morgan fingerprint density at radius 2 is 1.95 bits per heavy atom. The Bertz CT molecular complexity index is 774. The molecule has 0 saturated carbocycles. The summed E-state index contributed by atoms with van der Waals surface area (Å²) in [5, 5.41) is 3.48. The maximum absolute atomic E-state index is 6.72. The van der Waals surface area contributed by atoms with E-state index in [0.29, 0.717) is 5.92 Å². The van der Waals surface area contributed by atoms with Crippen molar-refractivity contribution in [1.29, 1.82) is 0 Å². The van der Waals surface area contributed by atoms with Crippen LogP contribution in [0.5, 0.6) is 0 Å². The maximum atomic E-state index is 6.72. The molecule has 106 valence electrons. The molecular formula is C19H19NS. The quantitative estimate of drug-likeness (QED) is 0.705. The van der Waals surface area contributed by atoms with Crippen LogP contribution in [0.3, 0.4) is 0 Å². The summed E-state index contributed by atoms with van der Waals surface area (Å²) >= 11 is 1.81. The molecule has 0 amide bonds. The monoisotopic (exact) mass is 293 g/mol. The third-order valence-electron chi connectivity index (χ3n) is 4.72. The van der Waals surface area contributed by atoms with Crippen molar-refractivity contribution in [3.63, 3.8) is 0 Å². The number of hydrogen-bond donors (Lipinski definition) is 1. The fraction of sp³-hybridized carbons (Fsp3) is 0.263. The van der Waals surface area contributed by atoms with Crippen LogP contribution in [0.4, 0.5) is 0 Å². The largest absolute Gasteiger partial charge is 0.323 e. The standard InChI is InChI=1S/C19H19NS/c20-18(17-10-4-7-14-11-12-21-19(14)17)16-9-3-6-13-5-1-2-8-15(13)16/h1-2,4-5,7-8,10-12,16,18H,3,6,9,20H2. The third kappa shape index (κ3) is 2.19. The Hall–Kier alpha value is -1.64. The first kappa shape index (κ1) is 13.1. The van der Waals surface area contributed by atoms with Crippen LogP contribution in [0.2, 0.25) is 0 Å². The Kier molecular flexibility index (Phi) is 3.28. The molecule has 2 heteroatoms. The highest BCUT2D eigenvalue weighted by Crippen LogP contribution is 2.41. The van der Waals surface area contributed by atoms with Crippen molar-refractivity contribution in [1.82, 2.24) is 0 Å². The molecule has 0 aliphatic heterocycles. The lowest BCUT2D eigenvalue weighted by Crippen LogP contribution is -2.23. The van der Waals surface area contributed by atoms with Gasteiger partial charge in [0.25, 0.3) is 0 Å². The van der Waals surface area contributed by atoms with E-state index in [1.165, 1.54) is 46.0 Å². The Labute approximate surface area is 129 Å². The smallest absolute Gasteiger partial charge is 0.0390 e. The van der Waals surface area contributed by atoms with Crippen LogP contribution in [0.1, 0.15) is 41.5 Å². The first-order valence-electron chi connectivity index (χ1n) is 7.64. The van der Waals surface area contributed by atoms with Crippen LogP contribution < -0.4 is 5.73 Å². The van der Waals surface area contributed by atoms with E-state index in [9.17, 15) is 0 Å². The van der Waals surface area contributed by atoms with E-state index >= 15 is 0 Å². The number of fused-ring (bicyclic) bond motifs is 2. The molecule has 4 rings (SSSR count). The average molecular weight is 293 g/mol. The molecule has 2 aromatic carbocycles. The fourth-order valence-corrected chi connectivity index (χ4v) is 4.62. The van der Waals surface area contributed by atoms with Crippen LogP contribution >= 0.6 is 11.3 Å². The first-order valence-corrected chi connectivity index (χ1v) is 8.52. The minimum atomic E-state index is 0.0915. The van der Waals surface area contributed by atoms with Crippen molar-refractivity contribution in [3.05, 3.63) is 70.6 Å². The summed E-state index contributed by atoms with van der Waals surface area (Å²) in [5.41, 5.74) is 11.0. The Morgan fingerprint density at radius 3 is 2.90 bits per heavy atom. The molecule has 0 bridgehead atoms. The lowest BCUT2D eigenvalue weighted by Gasteiger charge is -2.30. The van der Waals surface area contributed by atoms with Crippen molar-refractivity contribution in [2.45, 2.75) is 31.2 Å². The second-order valence-electron chi connectivity index (χ2n) is 5.91. The number of benzene rings is 2. The van der Waals surface area contributed by atoms with Gasteiger partial charge in [0, 0.05) is 16.7 Å². The minimum Gasteiger partial charge on any atom is -0.323 e. The summed E-state index contributed by atoms with van der Waals surface area (Å²) < 4.78 is 1.35. The summed E-state index contributed by atoms with van der Waals surface area (Å²) in [6.07, 6.45) is 3.64. The van der Waals surface area contributed by atoms with Gasteiger partial charge in [-0.05, 0) is 52.8 Å². The maximum Gasteiger partial charge on any atom is 0.0390 e. The molecule has 2 N–H and O–H groups in total. The van der Waals surface area contributed by atoms with Crippen molar-refractivity contribution in [2.24, 2.45) is 5.73 Å². The van der Waals surface area contributed by atoms with E-state index in [2.05, 4.69) is 53.9 Å². The fourth-order valence-electron chi connectivity index (χ4n) is 3.66. The van der Waals surface area contributed by atoms with Crippen LogP contribution in [0.15, 0.2) is 53.9 Å². The highest BCUT2D eigenvalue weighted by molar-refractivity contribution is 7.17. The van der Waals surface area contributed by atoms with E-state index < -0.39 is 0 Å². The highest BCUT2D eigenvalue weighted by Gasteiger charge is 2.27. The van der Waals surface area contributed by atoms with Gasteiger partial charge < -0.3 is 5.73 Å². The van der Waals surface area contributed by atoms with E-state index in [4.69, 9.17) is 5.73 Å². The van der Waals surface area contributed by atoms with E-state index in [0.717, 1.165) is 0 Å². The summed E-state index contributed by atoms with van der Waals surface area (Å²) in [6, 6.07) is 17.6. The molecule has 0 fully saturated rings. The highest BCUT2D eigenvalue weighted by atomic mass is 32.1. The van der Waals surface area contributed by atoms with Crippen LogP contribution in [-0.4, -0.2) is 0 Å². The second kappa shape index (κ2) is 5.28. The molecule has 1 aliphatic carbocycles. The van der Waals surface area contributed by atoms with Crippen molar-refractivity contribution >= 4 is 21.4 Å². The number of rotatable bonds is 2. The van der Waals surface area contributed by atoms with E-state index in [-0.39, 0.29) is 6.04 Å². The molecule has 2 atom stereocenters. The molecule has 3 aromatic rings. The van der Waals surface area contributed by atoms with Gasteiger partial charge in [-0.15, -0.1) is 11.3 Å². The number of nitrogens with two attached hydrogens (primary N) is 1. The van der Waals surface area contributed by atoms with Gasteiger partial charge in [0.05, 0.1) is 0 Å². The predicted octanol–water partition coefficient (Wildman–Crippen LogP) is 5.02. The molecule has 1 nitrogen and oxygen atoms in total. The molecule has 1 aliphatic rings. The molecular weight excluding hydrogens is 274 g/mol. The lowest BCUT2D eigenvalue weighted by molar-refractivity contribution is 0.477. The molecule has 2 unspecified atom stereocenters. The lowest BCUT2D eigenvalue weighted by atomic mass is 9.77. The van der Waals surface area contributed by atoms with Gasteiger partial charge in [0.2, 0.25) is 0 Å². The summed E-state index contributed by atoms with van der Waals surface area (Å²) in [5.74, 6) is 0.447. The Morgan fingerprint density at radius 1 is 1.05 bits per heavy atom. The Balaban J connectivity index is 1.79. The molecule has 0 radical (unpaired) electrons. The first-order chi connectivity index (χ1) is 10.3. The van der Waals surface area contributed by atoms with Crippen LogP contribution in [-0.2, 0) is 6.42 Å². The van der Waals surface area contributed by atoms with Gasteiger partial charge in [-0.3, -0.25) is 0 Å². The van der Waals surface area contributed by atoms with Gasteiger partial charge in [0.15, 0.2) is 0 Å². The molecule has 1 heterocycles. The van der Waals surface area contributed by atoms with E-state index in [1.54, 1.807) is 0 Å². The second-order valence-corrected chi connectivity index (χ2v) is 6.83. The summed E-state index contributed by atoms with van der Waals surface area (Å²) in [4.78, 5) is 0. The summed E-state index contributed by atoms with van der Waals surface area (Å²) in [7, 11) is 0. The van der Waals surface area contributed by atoms with Gasteiger partial charge in [-0.25, -0.2) is 0 Å². The zero-order valence-corrected chi connectivity index (χ0v) is 12.8. The predicted molar refractivity (Wildman–Crippen MR) is 90.9 cm³/mol. The number of thiophene rings is 1. The van der Waals surface area contributed by atoms with Crippen molar-refractivity contribution in [2.75, 3.05) is 0 Å². The van der Waals surface area contributed by atoms with Crippen LogP contribution in [0.25, 0.3) is 10.1 Å². The van der Waals surface area contributed by atoms with Crippen LogP contribution in [0, 0.1) is 0 Å². The normalized spacial score (nSPS) is 19.4. The number of aryl methyl sites for hydroxylation is 1. The average Bonchev–Trinajstić information content (AvgIpc) is 3.02. The van der Waals surface area contributed by atoms with Gasteiger partial charge >= 0.3 is 0 Å². The van der Waals surface area contributed by atoms with E-state index in [1.807, 2.05) is 11.3 Å². The zero-order valence-electron chi connectivity index (χ0n) is 12.0. The van der Waals surface area contributed by atoms with Gasteiger partial charge in [-0.2, -0.15) is 0 Å². The molecule has 1 aromatic heterocycles. The van der Waals surface area contributed by atoms with Gasteiger partial charge in [0.1, 0.15) is 0 Å². The topological polar surface area (TPSA) is 26.0 Å². The number of hydrogen-bond acceptors (Lipinski definition) is 2. The van der Waals surface area contributed by atoms with Gasteiger partial charge in [-0.1, -0.05) is 42.5 Å². The molecule has 0 spiro atoms. The zero-order chi connectivity index (χ0) is 14.2. The van der Waals surface area contributed by atoms with Crippen molar-refractivity contribution < 1.29 is 0 Å². The van der Waals surface area contributed by atoms with Crippen molar-refractivity contribution in [3.8, 4) is 0 Å². The minimum absolute atomic E-state index is 0.0915. The third-order valence-corrected chi connectivity index (χ3v) is 5.70. The molecule has 21 heavy (non-hydrogen) atoms. The SMILES string of the molecule is NC(c1cccc2ccsc12)C1CCCc2ccccc21. The summed E-state index contributed by atoms with van der Waals surface area (Å²) in [6.45, 7) is 0.